The molecule has 10 heteroatoms. The molecule has 1 amide bonds. The molecule has 3 aromatic rings. The molecule has 0 saturated carbocycles. The summed E-state index contributed by atoms with van der Waals surface area (Å²) in [5, 5.41) is 7.72. The van der Waals surface area contributed by atoms with Crippen LogP contribution < -0.4 is 5.32 Å². The molecule has 0 saturated heterocycles. The zero-order valence-corrected chi connectivity index (χ0v) is 12.1. The Morgan fingerprint density at radius 1 is 1.26 bits per heavy atom. The molecule has 0 aliphatic heterocycles. The summed E-state index contributed by atoms with van der Waals surface area (Å²) in [5.74, 6) is -2.38. The number of hydrogen-bond acceptors (Lipinski definition) is 5. The highest BCUT2D eigenvalue weighted by molar-refractivity contribution is 7.19. The number of aromatic nitrogens is 4. The molecule has 2 heterocycles. The highest BCUT2D eigenvalue weighted by atomic mass is 32.1. The van der Waals surface area contributed by atoms with Crippen molar-refractivity contribution in [1.29, 1.82) is 0 Å². The first-order valence-corrected chi connectivity index (χ1v) is 7.08. The third-order valence-corrected chi connectivity index (χ3v) is 3.68. The topological polar surface area (TPSA) is 83.6 Å². The zero-order valence-electron chi connectivity index (χ0n) is 11.3. The maximum absolute atomic E-state index is 12.3. The summed E-state index contributed by atoms with van der Waals surface area (Å²) in [6, 6.07) is 7.47. The minimum atomic E-state index is -4.65. The van der Waals surface area contributed by atoms with E-state index in [1.165, 1.54) is 17.4 Å². The maximum atomic E-state index is 12.3. The average molecular weight is 339 g/mol. The zero-order chi connectivity index (χ0) is 16.4. The van der Waals surface area contributed by atoms with Gasteiger partial charge in [-0.15, -0.1) is 16.4 Å². The number of amides is 1. The molecule has 6 nitrogen and oxygen atoms in total. The Labute approximate surface area is 131 Å². The number of H-pyrrole nitrogens is 1. The number of halogens is 3. The fourth-order valence-corrected chi connectivity index (χ4v) is 2.57. The molecule has 2 aromatic heterocycles. The Kier molecular flexibility index (Phi) is 3.82. The van der Waals surface area contributed by atoms with Crippen molar-refractivity contribution in [3.8, 4) is 0 Å². The van der Waals surface area contributed by atoms with Crippen LogP contribution in [0.3, 0.4) is 0 Å². The van der Waals surface area contributed by atoms with E-state index >= 15 is 0 Å². The first-order valence-electron chi connectivity index (χ1n) is 6.26. The monoisotopic (exact) mass is 339 g/mol. The van der Waals surface area contributed by atoms with Crippen molar-refractivity contribution in [2.24, 2.45) is 0 Å². The summed E-state index contributed by atoms with van der Waals surface area (Å²) in [6.45, 7) is 0. The lowest BCUT2D eigenvalue weighted by molar-refractivity contribution is -0.144. The number of alkyl halides is 3. The lowest BCUT2D eigenvalue weighted by Gasteiger charge is -1.98. The van der Waals surface area contributed by atoms with Crippen molar-refractivity contribution in [2.45, 2.75) is 6.18 Å². The third-order valence-electron chi connectivity index (χ3n) is 2.68. The molecule has 0 fully saturated rings. The van der Waals surface area contributed by atoms with Gasteiger partial charge in [-0.1, -0.05) is 12.1 Å². The molecule has 3 rings (SSSR count). The van der Waals surface area contributed by atoms with Gasteiger partial charge in [-0.25, -0.2) is 4.98 Å². The summed E-state index contributed by atoms with van der Waals surface area (Å²) in [6.07, 6.45) is -2.02. The highest BCUT2D eigenvalue weighted by Crippen LogP contribution is 2.26. The predicted molar refractivity (Wildman–Crippen MR) is 78.7 cm³/mol. The van der Waals surface area contributed by atoms with E-state index < -0.39 is 23.9 Å². The second-order valence-corrected chi connectivity index (χ2v) is 5.41. The molecule has 0 unspecified atom stereocenters. The van der Waals surface area contributed by atoms with E-state index in [9.17, 15) is 18.0 Å². The Morgan fingerprint density at radius 2 is 2.04 bits per heavy atom. The van der Waals surface area contributed by atoms with Crippen LogP contribution in [0.1, 0.15) is 10.8 Å². The van der Waals surface area contributed by atoms with Gasteiger partial charge in [-0.05, 0) is 18.2 Å². The number of benzene rings is 1. The fraction of sp³-hybridized carbons (Fsp3) is 0.0769. The molecule has 0 aliphatic rings. The number of para-hydroxylation sites is 1. The molecule has 0 radical (unpaired) electrons. The third kappa shape index (κ3) is 3.54. The number of nitrogens with zero attached hydrogens (tertiary/aromatic N) is 3. The summed E-state index contributed by atoms with van der Waals surface area (Å²) in [7, 11) is 0. The number of rotatable bonds is 3. The first kappa shape index (κ1) is 15.2. The molecule has 2 N–H and O–H groups in total. The Morgan fingerprint density at radius 3 is 2.74 bits per heavy atom. The predicted octanol–water partition coefficient (Wildman–Crippen LogP) is 3.09. The van der Waals surface area contributed by atoms with Crippen molar-refractivity contribution in [2.75, 3.05) is 5.32 Å². The van der Waals surface area contributed by atoms with E-state index in [0.717, 1.165) is 16.3 Å². The SMILES string of the molecule is O=C(C=Cc1nc2ccccc2s1)Nc1n[nH]c(C(F)(F)F)n1. The van der Waals surface area contributed by atoms with Gasteiger partial charge >= 0.3 is 6.18 Å². The number of carbonyl (C=O) groups excluding carboxylic acids is 1. The van der Waals surface area contributed by atoms with E-state index in [1.807, 2.05) is 24.3 Å². The summed E-state index contributed by atoms with van der Waals surface area (Å²) >= 11 is 1.39. The minimum absolute atomic E-state index is 0.448. The van der Waals surface area contributed by atoms with Gasteiger partial charge in [0.2, 0.25) is 11.8 Å². The quantitative estimate of drug-likeness (QED) is 0.718. The fourth-order valence-electron chi connectivity index (χ4n) is 1.70. The largest absolute Gasteiger partial charge is 0.451 e. The highest BCUT2D eigenvalue weighted by Gasteiger charge is 2.35. The van der Waals surface area contributed by atoms with Gasteiger partial charge in [0, 0.05) is 6.08 Å². The number of anilines is 1. The lowest BCUT2D eigenvalue weighted by Crippen LogP contribution is -2.10. The smallest absolute Gasteiger partial charge is 0.290 e. The second-order valence-electron chi connectivity index (χ2n) is 4.35. The molecule has 0 bridgehead atoms. The molecule has 118 valence electrons. The van der Waals surface area contributed by atoms with E-state index in [4.69, 9.17) is 0 Å². The lowest BCUT2D eigenvalue weighted by atomic mass is 10.3. The van der Waals surface area contributed by atoms with Crippen molar-refractivity contribution in [3.05, 3.63) is 41.2 Å². The van der Waals surface area contributed by atoms with Gasteiger partial charge in [0.05, 0.1) is 10.2 Å². The van der Waals surface area contributed by atoms with E-state index in [2.05, 4.69) is 20.4 Å². The number of carbonyl (C=O) groups is 1. The van der Waals surface area contributed by atoms with Gasteiger partial charge in [0.25, 0.3) is 5.91 Å². The van der Waals surface area contributed by atoms with Crippen LogP contribution in [-0.2, 0) is 11.0 Å². The second kappa shape index (κ2) is 5.80. The van der Waals surface area contributed by atoms with E-state index in [0.29, 0.717) is 5.01 Å². The number of aromatic amines is 1. The number of thiazole rings is 1. The van der Waals surface area contributed by atoms with Crippen LogP contribution in [0.25, 0.3) is 16.3 Å². The minimum Gasteiger partial charge on any atom is -0.290 e. The van der Waals surface area contributed by atoms with Crippen LogP contribution in [-0.4, -0.2) is 26.1 Å². The van der Waals surface area contributed by atoms with E-state index in [1.54, 1.807) is 5.10 Å². The summed E-state index contributed by atoms with van der Waals surface area (Å²) in [4.78, 5) is 19.1. The molecular weight excluding hydrogens is 331 g/mol. The Bertz CT molecular complexity index is 850. The first-order chi connectivity index (χ1) is 10.9. The standard InChI is InChI=1S/C13H8F3N5OS/c14-13(15,16)11-19-12(21-20-11)18-9(22)5-6-10-17-7-3-1-2-4-8(7)23-10/h1-6H,(H2,18,19,20,21,22). The Balaban J connectivity index is 1.68. The number of hydrogen-bond donors (Lipinski definition) is 2. The van der Waals surface area contributed by atoms with Gasteiger partial charge < -0.3 is 0 Å². The van der Waals surface area contributed by atoms with Gasteiger partial charge in [0.1, 0.15) is 5.01 Å². The van der Waals surface area contributed by atoms with Gasteiger partial charge in [0.15, 0.2) is 0 Å². The normalized spacial score (nSPS) is 12.1. The van der Waals surface area contributed by atoms with Crippen LogP contribution in [0, 0.1) is 0 Å². The van der Waals surface area contributed by atoms with Crippen LogP contribution in [0.4, 0.5) is 19.1 Å². The summed E-state index contributed by atoms with van der Waals surface area (Å²) in [5.41, 5.74) is 0.807. The van der Waals surface area contributed by atoms with Crippen molar-refractivity contribution in [1.82, 2.24) is 20.2 Å². The van der Waals surface area contributed by atoms with Crippen molar-refractivity contribution >= 4 is 39.5 Å². The van der Waals surface area contributed by atoms with Crippen LogP contribution in [0.15, 0.2) is 30.3 Å². The van der Waals surface area contributed by atoms with Gasteiger partial charge in [-0.2, -0.15) is 18.2 Å². The van der Waals surface area contributed by atoms with E-state index in [-0.39, 0.29) is 0 Å². The number of fused-ring (bicyclic) bond motifs is 1. The van der Waals surface area contributed by atoms with Crippen LogP contribution >= 0.6 is 11.3 Å². The number of nitrogens with one attached hydrogen (secondary N) is 2. The molecule has 23 heavy (non-hydrogen) atoms. The van der Waals surface area contributed by atoms with Crippen LogP contribution in [0.2, 0.25) is 0 Å². The molecule has 1 aromatic carbocycles. The van der Waals surface area contributed by atoms with Gasteiger partial charge in [-0.3, -0.25) is 15.2 Å². The van der Waals surface area contributed by atoms with Crippen molar-refractivity contribution < 1.29 is 18.0 Å². The molecule has 0 aliphatic carbocycles. The molecule has 0 atom stereocenters. The molecule has 0 spiro atoms. The van der Waals surface area contributed by atoms with Crippen molar-refractivity contribution in [3.63, 3.8) is 0 Å². The van der Waals surface area contributed by atoms with Crippen LogP contribution in [0.5, 0.6) is 0 Å². The average Bonchev–Trinajstić information content (AvgIpc) is 3.10. The molecular formula is C13H8F3N5OS. The summed E-state index contributed by atoms with van der Waals surface area (Å²) < 4.78 is 38.0. The Hall–Kier alpha value is -2.75. The maximum Gasteiger partial charge on any atom is 0.451 e.